The van der Waals surface area contributed by atoms with Crippen LogP contribution in [0.1, 0.15) is 59.7 Å². The first-order valence-electron chi connectivity index (χ1n) is 14.0. The third kappa shape index (κ3) is 6.01. The van der Waals surface area contributed by atoms with E-state index in [0.29, 0.717) is 24.4 Å². The largest absolute Gasteiger partial charge is 0.486 e. The van der Waals surface area contributed by atoms with E-state index in [4.69, 9.17) is 14.2 Å². The van der Waals surface area contributed by atoms with Crippen LogP contribution in [0.15, 0.2) is 42.5 Å². The topological polar surface area (TPSA) is 85.4 Å². The number of nitrogens with zero attached hydrogens (tertiary/aromatic N) is 2. The molecule has 2 unspecified atom stereocenters. The summed E-state index contributed by atoms with van der Waals surface area (Å²) >= 11 is 0. The molecule has 9 heteroatoms. The van der Waals surface area contributed by atoms with Crippen LogP contribution in [0.3, 0.4) is 0 Å². The van der Waals surface area contributed by atoms with Crippen molar-refractivity contribution in [2.24, 2.45) is 0 Å². The van der Waals surface area contributed by atoms with E-state index in [9.17, 15) is 13.2 Å². The van der Waals surface area contributed by atoms with Crippen molar-refractivity contribution in [3.8, 4) is 5.75 Å². The molecule has 1 amide bonds. The molecule has 4 atom stereocenters. The third-order valence-electron chi connectivity index (χ3n) is 8.51. The Bertz CT molecular complexity index is 1290. The lowest BCUT2D eigenvalue weighted by Crippen LogP contribution is -2.43. The number of fused-ring (bicyclic) bond motifs is 2. The van der Waals surface area contributed by atoms with Gasteiger partial charge in [0, 0.05) is 25.8 Å². The predicted molar refractivity (Wildman–Crippen MR) is 149 cm³/mol. The van der Waals surface area contributed by atoms with Crippen LogP contribution < -0.4 is 4.74 Å². The van der Waals surface area contributed by atoms with Crippen LogP contribution in [0.4, 0.5) is 0 Å². The van der Waals surface area contributed by atoms with Gasteiger partial charge in [0.2, 0.25) is 10.0 Å². The molecule has 0 N–H and O–H groups in total. The van der Waals surface area contributed by atoms with E-state index in [1.165, 1.54) is 0 Å². The van der Waals surface area contributed by atoms with E-state index >= 15 is 0 Å². The number of carbonyl (C=O) groups is 1. The van der Waals surface area contributed by atoms with Gasteiger partial charge in [-0.1, -0.05) is 37.3 Å². The molecule has 0 spiro atoms. The molecular formula is C30H40N2O6S. The zero-order valence-corrected chi connectivity index (χ0v) is 24.2. The summed E-state index contributed by atoms with van der Waals surface area (Å²) in [5.41, 5.74) is 3.42. The molecule has 3 aliphatic rings. The molecule has 3 fully saturated rings. The van der Waals surface area contributed by atoms with Crippen LogP contribution in [-0.4, -0.2) is 81.2 Å². The first-order valence-corrected chi connectivity index (χ1v) is 15.6. The predicted octanol–water partition coefficient (Wildman–Crippen LogP) is 3.95. The fourth-order valence-electron chi connectivity index (χ4n) is 6.29. The summed E-state index contributed by atoms with van der Waals surface area (Å²) in [7, 11) is -0.190. The molecule has 2 aromatic carbocycles. The molecule has 2 aromatic rings. The van der Waals surface area contributed by atoms with Crippen molar-refractivity contribution < 1.29 is 27.4 Å². The summed E-state index contributed by atoms with van der Waals surface area (Å²) in [6.07, 6.45) is 4.04. The second-order valence-corrected chi connectivity index (χ2v) is 13.1. The maximum atomic E-state index is 13.5. The Labute approximate surface area is 232 Å². The summed E-state index contributed by atoms with van der Waals surface area (Å²) in [6.45, 7) is 4.85. The molecule has 39 heavy (non-hydrogen) atoms. The molecule has 3 heterocycles. The number of hydrogen-bond donors (Lipinski definition) is 0. The van der Waals surface area contributed by atoms with Crippen molar-refractivity contribution in [3.05, 3.63) is 64.7 Å². The normalized spacial score (nSPS) is 26.8. The molecule has 5 rings (SSSR count). The highest BCUT2D eigenvalue weighted by atomic mass is 32.2. The average molecular weight is 557 g/mol. The highest BCUT2D eigenvalue weighted by molar-refractivity contribution is 7.88. The van der Waals surface area contributed by atoms with E-state index < -0.39 is 10.0 Å². The van der Waals surface area contributed by atoms with Crippen LogP contribution in [0, 0.1) is 6.92 Å². The number of rotatable bonds is 9. The third-order valence-corrected chi connectivity index (χ3v) is 10.4. The number of ether oxygens (including phenoxy) is 3. The van der Waals surface area contributed by atoms with Gasteiger partial charge in [-0.15, -0.1) is 0 Å². The lowest BCUT2D eigenvalue weighted by molar-refractivity contribution is -0.0189. The summed E-state index contributed by atoms with van der Waals surface area (Å²) in [4.78, 5) is 15.3. The highest BCUT2D eigenvalue weighted by Crippen LogP contribution is 2.35. The van der Waals surface area contributed by atoms with Crippen LogP contribution in [-0.2, 0) is 31.7 Å². The molecule has 0 saturated carbocycles. The van der Waals surface area contributed by atoms with E-state index in [1.54, 1.807) is 29.4 Å². The number of carbonyl (C=O) groups excluding carboxylic acids is 1. The zero-order valence-electron chi connectivity index (χ0n) is 23.3. The molecule has 3 saturated heterocycles. The Balaban J connectivity index is 1.25. The van der Waals surface area contributed by atoms with Crippen LogP contribution in [0.25, 0.3) is 0 Å². The van der Waals surface area contributed by atoms with Gasteiger partial charge in [0.25, 0.3) is 5.91 Å². The zero-order chi connectivity index (χ0) is 27.7. The number of aryl methyl sites for hydroxylation is 2. The maximum absolute atomic E-state index is 13.5. The van der Waals surface area contributed by atoms with Crippen LogP contribution in [0.5, 0.6) is 5.75 Å². The standard InChI is InChI=1S/C30H40N2O6S/c1-5-22-10-6-8-20(2)29(22)30(33)32-17-27(36-4)28(18-32)38-24-11-7-9-21(14-24)19-39(34,35)31(3)23-15-25-12-13-26(16-23)37-25/h6-11,14,23,25-28H,5,12-13,15-19H2,1-4H3/t23?,25?,26?,27-,28-/m1/s1. The summed E-state index contributed by atoms with van der Waals surface area (Å²) in [6, 6.07) is 13.2. The van der Waals surface area contributed by atoms with Crippen molar-refractivity contribution >= 4 is 15.9 Å². The van der Waals surface area contributed by atoms with Gasteiger partial charge in [0.05, 0.1) is 31.1 Å². The van der Waals surface area contributed by atoms with Crippen LogP contribution in [0.2, 0.25) is 0 Å². The second kappa shape index (κ2) is 11.6. The number of methoxy groups -OCH3 is 1. The molecule has 0 radical (unpaired) electrons. The summed E-state index contributed by atoms with van der Waals surface area (Å²) in [5, 5.41) is 0. The fraction of sp³-hybridized carbons (Fsp3) is 0.567. The minimum atomic E-state index is -3.51. The van der Waals surface area contributed by atoms with E-state index in [0.717, 1.165) is 48.8 Å². The quantitative estimate of drug-likeness (QED) is 0.465. The van der Waals surface area contributed by atoms with Gasteiger partial charge in [-0.05, 0) is 67.9 Å². The SMILES string of the molecule is CCc1cccc(C)c1C(=O)N1C[C@@H](OC)[C@H](Oc2cccc(CS(=O)(=O)N(C)C3CC4CCC(C3)O4)c2)C1. The lowest BCUT2D eigenvalue weighted by Gasteiger charge is -2.34. The van der Waals surface area contributed by atoms with Gasteiger partial charge in [0.15, 0.2) is 0 Å². The monoisotopic (exact) mass is 556 g/mol. The smallest absolute Gasteiger partial charge is 0.254 e. The Morgan fingerprint density at radius 2 is 1.77 bits per heavy atom. The number of sulfonamides is 1. The number of hydrogen-bond acceptors (Lipinski definition) is 6. The van der Waals surface area contributed by atoms with Gasteiger partial charge in [-0.3, -0.25) is 4.79 Å². The Morgan fingerprint density at radius 1 is 1.08 bits per heavy atom. The molecule has 0 aliphatic carbocycles. The van der Waals surface area contributed by atoms with Crippen molar-refractivity contribution in [2.45, 2.75) is 82.2 Å². The maximum Gasteiger partial charge on any atom is 0.254 e. The summed E-state index contributed by atoms with van der Waals surface area (Å²) in [5.74, 6) is 0.465. The van der Waals surface area contributed by atoms with Crippen molar-refractivity contribution in [1.82, 2.24) is 9.21 Å². The second-order valence-electron chi connectivity index (χ2n) is 11.1. The van der Waals surface area contributed by atoms with E-state index in [1.807, 2.05) is 43.3 Å². The first kappa shape index (κ1) is 28.1. The molecule has 3 aliphatic heterocycles. The number of likely N-dealkylation sites (tertiary alicyclic amines) is 1. The number of amides is 1. The molecule has 2 bridgehead atoms. The summed E-state index contributed by atoms with van der Waals surface area (Å²) < 4.78 is 46.1. The van der Waals surface area contributed by atoms with Gasteiger partial charge in [0.1, 0.15) is 18.0 Å². The Kier molecular flexibility index (Phi) is 8.33. The highest BCUT2D eigenvalue weighted by Gasteiger charge is 2.40. The minimum Gasteiger partial charge on any atom is -0.486 e. The molecule has 212 valence electrons. The first-order chi connectivity index (χ1) is 18.7. The van der Waals surface area contributed by atoms with E-state index in [-0.39, 0.29) is 42.1 Å². The van der Waals surface area contributed by atoms with Gasteiger partial charge < -0.3 is 19.1 Å². The molecular weight excluding hydrogens is 516 g/mol. The molecule has 8 nitrogen and oxygen atoms in total. The number of benzene rings is 2. The van der Waals surface area contributed by atoms with Crippen molar-refractivity contribution in [1.29, 1.82) is 0 Å². The Hall–Kier alpha value is -2.46. The lowest BCUT2D eigenvalue weighted by atomic mass is 9.99. The van der Waals surface area contributed by atoms with Gasteiger partial charge in [-0.25, -0.2) is 12.7 Å². The van der Waals surface area contributed by atoms with Crippen LogP contribution >= 0.6 is 0 Å². The van der Waals surface area contributed by atoms with Gasteiger partial charge in [-0.2, -0.15) is 0 Å². The minimum absolute atomic E-state index is 0.0115. The van der Waals surface area contributed by atoms with Crippen molar-refractivity contribution in [2.75, 3.05) is 27.2 Å². The molecule has 0 aromatic heterocycles. The van der Waals surface area contributed by atoms with E-state index in [2.05, 4.69) is 6.92 Å². The van der Waals surface area contributed by atoms with Crippen molar-refractivity contribution in [3.63, 3.8) is 0 Å². The fourth-order valence-corrected chi connectivity index (χ4v) is 7.72. The van der Waals surface area contributed by atoms with Gasteiger partial charge >= 0.3 is 0 Å². The Morgan fingerprint density at radius 3 is 2.46 bits per heavy atom. The average Bonchev–Trinajstić information content (AvgIpc) is 3.48.